The second-order valence-corrected chi connectivity index (χ2v) is 7.24. The Kier molecular flexibility index (Phi) is 6.26. The molecule has 0 spiro atoms. The van der Waals surface area contributed by atoms with Gasteiger partial charge in [0.15, 0.2) is 6.61 Å². The SMILES string of the molecule is COc1cccc(OC)c1C(=O)Nc1ccc2c(c1)N(CCc1ccccc1)C(=O)CO2. The molecule has 0 aliphatic carbocycles. The van der Waals surface area contributed by atoms with E-state index < -0.39 is 0 Å². The van der Waals surface area contributed by atoms with Crippen molar-refractivity contribution >= 4 is 23.2 Å². The van der Waals surface area contributed by atoms with Crippen molar-refractivity contribution < 1.29 is 23.8 Å². The summed E-state index contributed by atoms with van der Waals surface area (Å²) in [5, 5.41) is 2.87. The number of benzene rings is 3. The van der Waals surface area contributed by atoms with Crippen molar-refractivity contribution in [3.8, 4) is 17.2 Å². The van der Waals surface area contributed by atoms with Crippen LogP contribution in [0.1, 0.15) is 15.9 Å². The molecule has 0 radical (unpaired) electrons. The second kappa shape index (κ2) is 9.43. The minimum Gasteiger partial charge on any atom is -0.496 e. The second-order valence-electron chi connectivity index (χ2n) is 7.24. The van der Waals surface area contributed by atoms with E-state index >= 15 is 0 Å². The van der Waals surface area contributed by atoms with Crippen LogP contribution in [-0.2, 0) is 11.2 Å². The van der Waals surface area contributed by atoms with Crippen molar-refractivity contribution in [3.63, 3.8) is 0 Å². The van der Waals surface area contributed by atoms with Crippen LogP contribution in [0, 0.1) is 0 Å². The van der Waals surface area contributed by atoms with Gasteiger partial charge in [0.25, 0.3) is 11.8 Å². The molecule has 0 saturated carbocycles. The fourth-order valence-electron chi connectivity index (χ4n) is 3.68. The number of fused-ring (bicyclic) bond motifs is 1. The zero-order valence-electron chi connectivity index (χ0n) is 18.0. The average molecular weight is 432 g/mol. The number of nitrogens with zero attached hydrogens (tertiary/aromatic N) is 1. The maximum Gasteiger partial charge on any atom is 0.265 e. The average Bonchev–Trinajstić information content (AvgIpc) is 2.83. The zero-order valence-corrected chi connectivity index (χ0v) is 18.0. The third-order valence-corrected chi connectivity index (χ3v) is 5.28. The molecule has 0 aromatic heterocycles. The molecule has 3 aromatic carbocycles. The van der Waals surface area contributed by atoms with Crippen molar-refractivity contribution in [2.45, 2.75) is 6.42 Å². The van der Waals surface area contributed by atoms with Crippen LogP contribution in [0.25, 0.3) is 0 Å². The molecule has 7 heteroatoms. The Hall–Kier alpha value is -4.00. The summed E-state index contributed by atoms with van der Waals surface area (Å²) < 4.78 is 16.2. The lowest BCUT2D eigenvalue weighted by Crippen LogP contribution is -2.40. The molecule has 3 aromatic rings. The highest BCUT2D eigenvalue weighted by Gasteiger charge is 2.26. The van der Waals surface area contributed by atoms with E-state index in [2.05, 4.69) is 5.32 Å². The monoisotopic (exact) mass is 432 g/mol. The lowest BCUT2D eigenvalue weighted by atomic mass is 10.1. The quantitative estimate of drug-likeness (QED) is 0.612. The summed E-state index contributed by atoms with van der Waals surface area (Å²) in [4.78, 5) is 27.3. The fraction of sp³-hybridized carbons (Fsp3) is 0.200. The van der Waals surface area contributed by atoms with E-state index in [1.54, 1.807) is 41.3 Å². The molecule has 0 atom stereocenters. The normalized spacial score (nSPS) is 12.6. The molecule has 7 nitrogen and oxygen atoms in total. The fourth-order valence-corrected chi connectivity index (χ4v) is 3.68. The molecular formula is C25H24N2O5. The molecular weight excluding hydrogens is 408 g/mol. The lowest BCUT2D eigenvalue weighted by Gasteiger charge is -2.30. The number of carbonyl (C=O) groups is 2. The Balaban J connectivity index is 1.58. The highest BCUT2D eigenvalue weighted by molar-refractivity contribution is 6.09. The summed E-state index contributed by atoms with van der Waals surface area (Å²) in [6, 6.07) is 20.4. The van der Waals surface area contributed by atoms with Crippen molar-refractivity contribution in [2.24, 2.45) is 0 Å². The third kappa shape index (κ3) is 4.37. The van der Waals surface area contributed by atoms with Gasteiger partial charge in [-0.25, -0.2) is 0 Å². The number of carbonyl (C=O) groups excluding carboxylic acids is 2. The molecule has 1 heterocycles. The molecule has 2 amide bonds. The third-order valence-electron chi connectivity index (χ3n) is 5.28. The molecule has 32 heavy (non-hydrogen) atoms. The predicted octanol–water partition coefficient (Wildman–Crippen LogP) is 3.92. The van der Waals surface area contributed by atoms with Gasteiger partial charge < -0.3 is 24.4 Å². The highest BCUT2D eigenvalue weighted by atomic mass is 16.5. The molecule has 164 valence electrons. The van der Waals surface area contributed by atoms with E-state index in [-0.39, 0.29) is 18.4 Å². The van der Waals surface area contributed by atoms with Gasteiger partial charge in [0.2, 0.25) is 0 Å². The Bertz CT molecular complexity index is 1110. The van der Waals surface area contributed by atoms with Gasteiger partial charge in [-0.3, -0.25) is 9.59 Å². The maximum absolute atomic E-state index is 13.0. The van der Waals surface area contributed by atoms with Crippen LogP contribution in [0.5, 0.6) is 17.2 Å². The number of hydrogen-bond acceptors (Lipinski definition) is 5. The molecule has 1 aliphatic rings. The van der Waals surface area contributed by atoms with Gasteiger partial charge >= 0.3 is 0 Å². The minimum absolute atomic E-state index is 0.00803. The van der Waals surface area contributed by atoms with Crippen LogP contribution in [0.3, 0.4) is 0 Å². The molecule has 0 fully saturated rings. The first kappa shape index (κ1) is 21.2. The van der Waals surface area contributed by atoms with E-state index in [0.717, 1.165) is 5.56 Å². The predicted molar refractivity (Wildman–Crippen MR) is 122 cm³/mol. The lowest BCUT2D eigenvalue weighted by molar-refractivity contribution is -0.121. The van der Waals surface area contributed by atoms with E-state index in [1.807, 2.05) is 30.3 Å². The number of anilines is 2. The van der Waals surface area contributed by atoms with Gasteiger partial charge in [0.1, 0.15) is 22.8 Å². The molecule has 1 N–H and O–H groups in total. The molecule has 0 unspecified atom stereocenters. The van der Waals surface area contributed by atoms with Crippen molar-refractivity contribution in [3.05, 3.63) is 77.9 Å². The Labute approximate surface area is 186 Å². The minimum atomic E-state index is -0.377. The largest absolute Gasteiger partial charge is 0.496 e. The van der Waals surface area contributed by atoms with Crippen LogP contribution >= 0.6 is 0 Å². The smallest absolute Gasteiger partial charge is 0.265 e. The maximum atomic E-state index is 13.0. The molecule has 4 rings (SSSR count). The summed E-state index contributed by atoms with van der Waals surface area (Å²) in [5.41, 5.74) is 2.59. The first-order valence-corrected chi connectivity index (χ1v) is 10.2. The summed E-state index contributed by atoms with van der Waals surface area (Å²) in [6.07, 6.45) is 0.709. The summed E-state index contributed by atoms with van der Waals surface area (Å²) in [6.45, 7) is 0.503. The van der Waals surface area contributed by atoms with Gasteiger partial charge in [-0.15, -0.1) is 0 Å². The number of amides is 2. The summed E-state index contributed by atoms with van der Waals surface area (Å²) in [5.74, 6) is 0.914. The number of nitrogens with one attached hydrogen (secondary N) is 1. The summed E-state index contributed by atoms with van der Waals surface area (Å²) >= 11 is 0. The first-order valence-electron chi connectivity index (χ1n) is 10.2. The topological polar surface area (TPSA) is 77.1 Å². The van der Waals surface area contributed by atoms with Crippen molar-refractivity contribution in [2.75, 3.05) is 37.6 Å². The zero-order chi connectivity index (χ0) is 22.5. The van der Waals surface area contributed by atoms with Gasteiger partial charge in [0, 0.05) is 12.2 Å². The number of ether oxygens (including phenoxy) is 3. The number of rotatable bonds is 7. The van der Waals surface area contributed by atoms with Gasteiger partial charge in [-0.1, -0.05) is 36.4 Å². The van der Waals surface area contributed by atoms with Gasteiger partial charge in [-0.05, 0) is 42.3 Å². The summed E-state index contributed by atoms with van der Waals surface area (Å²) in [7, 11) is 3.00. The standard InChI is InChI=1S/C25H24N2O5/c1-30-21-9-6-10-22(31-2)24(21)25(29)26-18-11-12-20-19(15-18)27(23(28)16-32-20)14-13-17-7-4-3-5-8-17/h3-12,15H,13-14,16H2,1-2H3,(H,26,29). The van der Waals surface area contributed by atoms with Crippen LogP contribution in [-0.4, -0.2) is 39.2 Å². The van der Waals surface area contributed by atoms with Crippen LogP contribution < -0.4 is 24.4 Å². The van der Waals surface area contributed by atoms with Crippen LogP contribution in [0.15, 0.2) is 66.7 Å². The van der Waals surface area contributed by atoms with Gasteiger partial charge in [0.05, 0.1) is 19.9 Å². The molecule has 0 bridgehead atoms. The van der Waals surface area contributed by atoms with E-state index in [4.69, 9.17) is 14.2 Å². The first-order chi connectivity index (χ1) is 15.6. The molecule has 0 saturated heterocycles. The Morgan fingerprint density at radius 1 is 1.00 bits per heavy atom. The van der Waals surface area contributed by atoms with Crippen LogP contribution in [0.2, 0.25) is 0 Å². The highest BCUT2D eigenvalue weighted by Crippen LogP contribution is 2.35. The van der Waals surface area contributed by atoms with E-state index in [1.165, 1.54) is 14.2 Å². The Morgan fingerprint density at radius 2 is 1.72 bits per heavy atom. The van der Waals surface area contributed by atoms with E-state index in [9.17, 15) is 9.59 Å². The molecule has 1 aliphatic heterocycles. The van der Waals surface area contributed by atoms with Gasteiger partial charge in [-0.2, -0.15) is 0 Å². The van der Waals surface area contributed by atoms with E-state index in [0.29, 0.717) is 47.2 Å². The number of hydrogen-bond donors (Lipinski definition) is 1. The van der Waals surface area contributed by atoms with Crippen LogP contribution in [0.4, 0.5) is 11.4 Å². The number of methoxy groups -OCH3 is 2. The Morgan fingerprint density at radius 3 is 2.41 bits per heavy atom. The van der Waals surface area contributed by atoms with Crippen molar-refractivity contribution in [1.82, 2.24) is 0 Å². The van der Waals surface area contributed by atoms with Crippen molar-refractivity contribution in [1.29, 1.82) is 0 Å².